The van der Waals surface area contributed by atoms with Gasteiger partial charge in [-0.05, 0) is 24.6 Å². The Labute approximate surface area is 172 Å². The van der Waals surface area contributed by atoms with Gasteiger partial charge in [-0.1, -0.05) is 18.2 Å². The van der Waals surface area contributed by atoms with Crippen LogP contribution in [0.4, 0.5) is 5.82 Å². The lowest BCUT2D eigenvalue weighted by atomic mass is 10.1. The summed E-state index contributed by atoms with van der Waals surface area (Å²) < 4.78 is 5.45. The first-order valence-corrected chi connectivity index (χ1v) is 8.85. The van der Waals surface area contributed by atoms with Crippen molar-refractivity contribution in [1.82, 2.24) is 15.2 Å². The number of nitrogens with one attached hydrogen (secondary N) is 2. The number of anilines is 1. The van der Waals surface area contributed by atoms with E-state index in [-0.39, 0.29) is 24.0 Å². The molecule has 1 unspecified atom stereocenters. The number of pyridine rings is 1. The Morgan fingerprint density at radius 3 is 2.88 bits per heavy atom. The van der Waals surface area contributed by atoms with E-state index in [1.807, 2.05) is 31.3 Å². The molecule has 26 heavy (non-hydrogen) atoms. The number of halogens is 1. The van der Waals surface area contributed by atoms with Crippen LogP contribution in [-0.2, 0) is 4.74 Å². The minimum absolute atomic E-state index is 0. The predicted octanol–water partition coefficient (Wildman–Crippen LogP) is 2.81. The van der Waals surface area contributed by atoms with E-state index in [1.54, 1.807) is 0 Å². The van der Waals surface area contributed by atoms with E-state index in [2.05, 4.69) is 44.7 Å². The van der Waals surface area contributed by atoms with Crippen molar-refractivity contribution in [3.05, 3.63) is 36.4 Å². The molecule has 1 fully saturated rings. The molecule has 2 N–H and O–H groups in total. The number of hydrogen-bond donors (Lipinski definition) is 2. The maximum Gasteiger partial charge on any atom is 0.193 e. The molecule has 1 aromatic heterocycles. The van der Waals surface area contributed by atoms with Crippen LogP contribution in [0.15, 0.2) is 41.4 Å². The molecule has 0 bridgehead atoms. The second-order valence-electron chi connectivity index (χ2n) is 6.40. The van der Waals surface area contributed by atoms with Gasteiger partial charge in [0.2, 0.25) is 0 Å². The number of para-hydroxylation sites is 1. The Balaban J connectivity index is 0.00000243. The molecule has 6 nitrogen and oxygen atoms in total. The topological polar surface area (TPSA) is 61.8 Å². The van der Waals surface area contributed by atoms with Gasteiger partial charge in [-0.2, -0.15) is 0 Å². The minimum Gasteiger partial charge on any atom is -0.381 e. The predicted molar refractivity (Wildman–Crippen MR) is 119 cm³/mol. The van der Waals surface area contributed by atoms with Crippen molar-refractivity contribution < 1.29 is 4.74 Å². The van der Waals surface area contributed by atoms with Crippen molar-refractivity contribution in [3.63, 3.8) is 0 Å². The standard InChI is InChI=1S/C19H27N5O.HI/c1-20-19(24(2)13-15-9-12-25-14-15)22-11-10-21-18-8-7-16-5-3-4-6-17(16)23-18;/h3-8,15H,9-14H2,1-2H3,(H,20,22)(H,21,23);1H. The molecule has 1 atom stereocenters. The lowest BCUT2D eigenvalue weighted by molar-refractivity contribution is 0.181. The van der Waals surface area contributed by atoms with Crippen molar-refractivity contribution in [3.8, 4) is 0 Å². The van der Waals surface area contributed by atoms with Gasteiger partial charge in [0.15, 0.2) is 5.96 Å². The summed E-state index contributed by atoms with van der Waals surface area (Å²) in [6, 6.07) is 12.2. The highest BCUT2D eigenvalue weighted by Gasteiger charge is 2.18. The van der Waals surface area contributed by atoms with Gasteiger partial charge in [0, 0.05) is 51.6 Å². The van der Waals surface area contributed by atoms with Gasteiger partial charge < -0.3 is 20.3 Å². The van der Waals surface area contributed by atoms with E-state index >= 15 is 0 Å². The van der Waals surface area contributed by atoms with Crippen LogP contribution in [0.1, 0.15) is 6.42 Å². The Bertz CT molecular complexity index is 718. The smallest absolute Gasteiger partial charge is 0.193 e. The first kappa shape index (κ1) is 20.7. The van der Waals surface area contributed by atoms with Gasteiger partial charge in [-0.3, -0.25) is 4.99 Å². The van der Waals surface area contributed by atoms with Gasteiger partial charge in [0.05, 0.1) is 12.1 Å². The summed E-state index contributed by atoms with van der Waals surface area (Å²) >= 11 is 0. The molecule has 2 heterocycles. The van der Waals surface area contributed by atoms with Crippen LogP contribution < -0.4 is 10.6 Å². The average molecular weight is 469 g/mol. The molecule has 2 aromatic rings. The van der Waals surface area contributed by atoms with Gasteiger partial charge in [0.1, 0.15) is 5.82 Å². The van der Waals surface area contributed by atoms with Crippen molar-refractivity contribution in [2.75, 3.05) is 52.3 Å². The molecule has 0 saturated carbocycles. The third-order valence-corrected chi connectivity index (χ3v) is 4.44. The molecule has 3 rings (SSSR count). The number of nitrogens with zero attached hydrogens (tertiary/aromatic N) is 3. The van der Waals surface area contributed by atoms with E-state index < -0.39 is 0 Å². The van der Waals surface area contributed by atoms with Crippen molar-refractivity contribution >= 4 is 46.7 Å². The molecule has 1 saturated heterocycles. The van der Waals surface area contributed by atoms with Crippen LogP contribution in [-0.4, -0.2) is 62.8 Å². The number of guanidine groups is 1. The molecular weight excluding hydrogens is 441 g/mol. The monoisotopic (exact) mass is 469 g/mol. The fraction of sp³-hybridized carbons (Fsp3) is 0.474. The summed E-state index contributed by atoms with van der Waals surface area (Å²) in [5.74, 6) is 2.41. The number of aliphatic imine (C=N–C) groups is 1. The number of fused-ring (bicyclic) bond motifs is 1. The fourth-order valence-corrected chi connectivity index (χ4v) is 3.12. The molecule has 0 aliphatic carbocycles. The number of hydrogen-bond acceptors (Lipinski definition) is 4. The van der Waals surface area contributed by atoms with Crippen molar-refractivity contribution in [2.45, 2.75) is 6.42 Å². The highest BCUT2D eigenvalue weighted by atomic mass is 127. The highest BCUT2D eigenvalue weighted by molar-refractivity contribution is 14.0. The summed E-state index contributed by atoms with van der Waals surface area (Å²) in [5, 5.41) is 7.91. The minimum atomic E-state index is 0. The SMILES string of the molecule is CN=C(NCCNc1ccc2ccccc2n1)N(C)CC1CCOC1.I. The van der Waals surface area contributed by atoms with Gasteiger partial charge in [-0.15, -0.1) is 24.0 Å². The largest absolute Gasteiger partial charge is 0.381 e. The summed E-state index contributed by atoms with van der Waals surface area (Å²) in [4.78, 5) is 11.2. The van der Waals surface area contributed by atoms with Crippen LogP contribution in [0.3, 0.4) is 0 Å². The zero-order valence-electron chi connectivity index (χ0n) is 15.4. The quantitative estimate of drug-likeness (QED) is 0.295. The van der Waals surface area contributed by atoms with Crippen LogP contribution in [0.5, 0.6) is 0 Å². The maximum absolute atomic E-state index is 5.45. The zero-order valence-corrected chi connectivity index (χ0v) is 17.8. The van der Waals surface area contributed by atoms with Gasteiger partial charge in [0.25, 0.3) is 0 Å². The zero-order chi connectivity index (χ0) is 17.5. The summed E-state index contributed by atoms with van der Waals surface area (Å²) in [5.41, 5.74) is 1.01. The molecule has 0 spiro atoms. The van der Waals surface area contributed by atoms with Crippen molar-refractivity contribution in [2.24, 2.45) is 10.9 Å². The Morgan fingerprint density at radius 1 is 1.27 bits per heavy atom. The molecule has 142 valence electrons. The number of ether oxygens (including phenoxy) is 1. The van der Waals surface area contributed by atoms with E-state index in [0.29, 0.717) is 5.92 Å². The molecule has 1 aromatic carbocycles. The molecule has 0 amide bonds. The Hall–Kier alpha value is -1.61. The van der Waals surface area contributed by atoms with Crippen LogP contribution in [0, 0.1) is 5.92 Å². The van der Waals surface area contributed by atoms with Crippen LogP contribution >= 0.6 is 24.0 Å². The number of aromatic nitrogens is 1. The van der Waals surface area contributed by atoms with Crippen LogP contribution in [0.2, 0.25) is 0 Å². The average Bonchev–Trinajstić information content (AvgIpc) is 3.14. The molecule has 0 radical (unpaired) electrons. The number of benzene rings is 1. The summed E-state index contributed by atoms with van der Waals surface area (Å²) in [6.07, 6.45) is 1.14. The van der Waals surface area contributed by atoms with Crippen LogP contribution in [0.25, 0.3) is 10.9 Å². The normalized spacial score (nSPS) is 17.0. The second-order valence-corrected chi connectivity index (χ2v) is 6.40. The molecule has 1 aliphatic rings. The molecular formula is C19H28IN5O. The third kappa shape index (κ3) is 5.70. The van der Waals surface area contributed by atoms with Gasteiger partial charge in [-0.25, -0.2) is 4.98 Å². The summed E-state index contributed by atoms with van der Waals surface area (Å²) in [7, 11) is 3.90. The lowest BCUT2D eigenvalue weighted by Gasteiger charge is -2.24. The molecule has 7 heteroatoms. The number of rotatable bonds is 6. The van der Waals surface area contributed by atoms with E-state index in [0.717, 1.165) is 61.9 Å². The molecule has 1 aliphatic heterocycles. The second kappa shape index (κ2) is 10.5. The Morgan fingerprint density at radius 2 is 2.12 bits per heavy atom. The van der Waals surface area contributed by atoms with Gasteiger partial charge >= 0.3 is 0 Å². The first-order valence-electron chi connectivity index (χ1n) is 8.85. The lowest BCUT2D eigenvalue weighted by Crippen LogP contribution is -2.43. The van der Waals surface area contributed by atoms with Crippen molar-refractivity contribution in [1.29, 1.82) is 0 Å². The highest BCUT2D eigenvalue weighted by Crippen LogP contribution is 2.14. The van der Waals surface area contributed by atoms with E-state index in [4.69, 9.17) is 4.74 Å². The summed E-state index contributed by atoms with van der Waals surface area (Å²) in [6.45, 7) is 4.28. The maximum atomic E-state index is 5.45. The Kier molecular flexibility index (Phi) is 8.37. The first-order chi connectivity index (χ1) is 12.3. The third-order valence-electron chi connectivity index (χ3n) is 4.44. The van der Waals surface area contributed by atoms with E-state index in [9.17, 15) is 0 Å². The fourth-order valence-electron chi connectivity index (χ4n) is 3.12. The van der Waals surface area contributed by atoms with E-state index in [1.165, 1.54) is 0 Å².